The summed E-state index contributed by atoms with van der Waals surface area (Å²) in [5.41, 5.74) is 6.13. The van der Waals surface area contributed by atoms with Crippen LogP contribution in [-0.4, -0.2) is 28.8 Å². The molecule has 1 fully saturated rings. The van der Waals surface area contributed by atoms with E-state index in [0.717, 1.165) is 30.8 Å². The Bertz CT molecular complexity index is 365. The Hall–Kier alpha value is -1.13. The first kappa shape index (κ1) is 11.4. The molecular weight excluding hydrogens is 202 g/mol. The van der Waals surface area contributed by atoms with Crippen LogP contribution in [0.1, 0.15) is 25.3 Å². The molecule has 0 aliphatic carbocycles. The van der Waals surface area contributed by atoms with E-state index in [0.29, 0.717) is 13.1 Å². The van der Waals surface area contributed by atoms with Gasteiger partial charge in [0, 0.05) is 31.4 Å². The Balaban J connectivity index is 2.23. The highest BCUT2D eigenvalue weighted by atomic mass is 16.3. The van der Waals surface area contributed by atoms with Crippen molar-refractivity contribution in [3.8, 4) is 0 Å². The van der Waals surface area contributed by atoms with Gasteiger partial charge in [-0.15, -0.1) is 0 Å². The van der Waals surface area contributed by atoms with Crippen molar-refractivity contribution in [2.24, 2.45) is 5.73 Å². The summed E-state index contributed by atoms with van der Waals surface area (Å²) < 4.78 is 0. The summed E-state index contributed by atoms with van der Waals surface area (Å²) >= 11 is 0. The second kappa shape index (κ2) is 4.39. The van der Waals surface area contributed by atoms with E-state index in [1.807, 2.05) is 19.1 Å². The minimum Gasteiger partial charge on any atom is -0.388 e. The highest BCUT2D eigenvalue weighted by molar-refractivity contribution is 5.47. The Labute approximate surface area is 96.1 Å². The predicted molar refractivity (Wildman–Crippen MR) is 64.2 cm³/mol. The highest BCUT2D eigenvalue weighted by Gasteiger charge is 2.29. The van der Waals surface area contributed by atoms with E-state index in [1.165, 1.54) is 0 Å². The second-order valence-corrected chi connectivity index (χ2v) is 4.71. The first-order valence-electron chi connectivity index (χ1n) is 5.74. The van der Waals surface area contributed by atoms with Crippen LogP contribution in [0.4, 0.5) is 5.82 Å². The quantitative estimate of drug-likeness (QED) is 0.778. The normalized spacial score (nSPS) is 25.8. The molecule has 0 bridgehead atoms. The molecule has 1 unspecified atom stereocenters. The smallest absolute Gasteiger partial charge is 0.133 e. The maximum atomic E-state index is 10.1. The van der Waals surface area contributed by atoms with E-state index in [-0.39, 0.29) is 0 Å². The van der Waals surface area contributed by atoms with E-state index in [2.05, 4.69) is 9.88 Å². The molecule has 0 spiro atoms. The third-order valence-corrected chi connectivity index (χ3v) is 3.06. The van der Waals surface area contributed by atoms with Gasteiger partial charge in [0.15, 0.2) is 0 Å². The Morgan fingerprint density at radius 3 is 3.12 bits per heavy atom. The lowest BCUT2D eigenvalue weighted by atomic mass is 9.95. The van der Waals surface area contributed by atoms with Gasteiger partial charge in [-0.2, -0.15) is 0 Å². The van der Waals surface area contributed by atoms with E-state index in [9.17, 15) is 5.11 Å². The van der Waals surface area contributed by atoms with Crippen LogP contribution < -0.4 is 10.6 Å². The SMILES string of the molecule is CC1(O)CCCN(c2ncccc2CN)C1. The van der Waals surface area contributed by atoms with Crippen molar-refractivity contribution >= 4 is 5.82 Å². The lowest BCUT2D eigenvalue weighted by molar-refractivity contribution is 0.0446. The molecule has 3 N–H and O–H groups in total. The molecule has 1 aromatic rings. The number of nitrogens with zero attached hydrogens (tertiary/aromatic N) is 2. The molecule has 4 heteroatoms. The van der Waals surface area contributed by atoms with E-state index >= 15 is 0 Å². The highest BCUT2D eigenvalue weighted by Crippen LogP contribution is 2.26. The standard InChI is InChI=1S/C12H19N3O/c1-12(16)5-3-7-15(9-12)11-10(8-13)4-2-6-14-11/h2,4,6,16H,3,5,7-9,13H2,1H3. The van der Waals surface area contributed by atoms with Crippen LogP contribution in [0.25, 0.3) is 0 Å². The molecule has 1 atom stereocenters. The van der Waals surface area contributed by atoms with Gasteiger partial charge in [-0.3, -0.25) is 0 Å². The van der Waals surface area contributed by atoms with Crippen molar-refractivity contribution < 1.29 is 5.11 Å². The first-order chi connectivity index (χ1) is 7.62. The van der Waals surface area contributed by atoms with Crippen LogP contribution >= 0.6 is 0 Å². The summed E-state index contributed by atoms with van der Waals surface area (Å²) in [7, 11) is 0. The van der Waals surface area contributed by atoms with Crippen molar-refractivity contribution in [1.29, 1.82) is 0 Å². The summed E-state index contributed by atoms with van der Waals surface area (Å²) in [5, 5.41) is 10.1. The molecule has 1 aromatic heterocycles. The largest absolute Gasteiger partial charge is 0.388 e. The van der Waals surface area contributed by atoms with E-state index < -0.39 is 5.60 Å². The summed E-state index contributed by atoms with van der Waals surface area (Å²) in [4.78, 5) is 6.50. The molecule has 88 valence electrons. The van der Waals surface area contributed by atoms with Gasteiger partial charge in [0.05, 0.1) is 5.60 Å². The minimum absolute atomic E-state index is 0.488. The zero-order chi connectivity index (χ0) is 11.6. The fourth-order valence-electron chi connectivity index (χ4n) is 2.28. The van der Waals surface area contributed by atoms with Crippen molar-refractivity contribution in [1.82, 2.24) is 4.98 Å². The summed E-state index contributed by atoms with van der Waals surface area (Å²) in [6, 6.07) is 3.89. The molecular formula is C12H19N3O. The first-order valence-corrected chi connectivity index (χ1v) is 5.74. The predicted octanol–water partition coefficient (Wildman–Crippen LogP) is 0.892. The molecule has 1 saturated heterocycles. The van der Waals surface area contributed by atoms with Gasteiger partial charge in [-0.05, 0) is 25.8 Å². The molecule has 0 amide bonds. The summed E-state index contributed by atoms with van der Waals surface area (Å²) in [6.45, 7) is 3.95. The topological polar surface area (TPSA) is 62.4 Å². The van der Waals surface area contributed by atoms with Crippen LogP contribution in [0.5, 0.6) is 0 Å². The van der Waals surface area contributed by atoms with Gasteiger partial charge in [0.1, 0.15) is 5.82 Å². The maximum absolute atomic E-state index is 10.1. The number of piperidine rings is 1. The van der Waals surface area contributed by atoms with Crippen LogP contribution in [0.2, 0.25) is 0 Å². The van der Waals surface area contributed by atoms with Crippen LogP contribution in [0.3, 0.4) is 0 Å². The monoisotopic (exact) mass is 221 g/mol. The number of anilines is 1. The fraction of sp³-hybridized carbons (Fsp3) is 0.583. The van der Waals surface area contributed by atoms with Crippen molar-refractivity contribution in [3.63, 3.8) is 0 Å². The zero-order valence-electron chi connectivity index (χ0n) is 9.69. The number of pyridine rings is 1. The molecule has 16 heavy (non-hydrogen) atoms. The number of hydrogen-bond donors (Lipinski definition) is 2. The lowest BCUT2D eigenvalue weighted by Crippen LogP contribution is -2.46. The van der Waals surface area contributed by atoms with E-state index in [1.54, 1.807) is 6.20 Å². The number of aromatic nitrogens is 1. The second-order valence-electron chi connectivity index (χ2n) is 4.71. The number of nitrogens with two attached hydrogens (primary N) is 1. The molecule has 1 aliphatic rings. The minimum atomic E-state index is -0.609. The molecule has 1 aliphatic heterocycles. The molecule has 4 nitrogen and oxygen atoms in total. The maximum Gasteiger partial charge on any atom is 0.133 e. The number of aliphatic hydroxyl groups is 1. The zero-order valence-corrected chi connectivity index (χ0v) is 9.69. The van der Waals surface area contributed by atoms with Crippen LogP contribution in [0.15, 0.2) is 18.3 Å². The molecule has 2 heterocycles. The Morgan fingerprint density at radius 2 is 2.44 bits per heavy atom. The molecule has 0 aromatic carbocycles. The third kappa shape index (κ3) is 2.33. The lowest BCUT2D eigenvalue weighted by Gasteiger charge is -2.38. The van der Waals surface area contributed by atoms with Gasteiger partial charge in [0.2, 0.25) is 0 Å². The van der Waals surface area contributed by atoms with Gasteiger partial charge in [-0.25, -0.2) is 4.98 Å². The van der Waals surface area contributed by atoms with Crippen molar-refractivity contribution in [3.05, 3.63) is 23.9 Å². The fourth-order valence-corrected chi connectivity index (χ4v) is 2.28. The third-order valence-electron chi connectivity index (χ3n) is 3.06. The van der Waals surface area contributed by atoms with E-state index in [4.69, 9.17) is 5.73 Å². The summed E-state index contributed by atoms with van der Waals surface area (Å²) in [5.74, 6) is 0.921. The number of rotatable bonds is 2. The number of hydrogen-bond acceptors (Lipinski definition) is 4. The molecule has 0 radical (unpaired) electrons. The molecule has 2 rings (SSSR count). The number of β-amino-alcohol motifs (C(OH)–C–C–N with tert-alkyl or cyclic N) is 1. The van der Waals surface area contributed by atoms with Crippen LogP contribution in [0, 0.1) is 0 Å². The van der Waals surface area contributed by atoms with Crippen LogP contribution in [-0.2, 0) is 6.54 Å². The average molecular weight is 221 g/mol. The summed E-state index contributed by atoms with van der Waals surface area (Å²) in [6.07, 6.45) is 3.62. The van der Waals surface area contributed by atoms with Crippen molar-refractivity contribution in [2.75, 3.05) is 18.0 Å². The van der Waals surface area contributed by atoms with Gasteiger partial charge in [0.25, 0.3) is 0 Å². The Kier molecular flexibility index (Phi) is 3.12. The average Bonchev–Trinajstić information content (AvgIpc) is 2.27. The van der Waals surface area contributed by atoms with Gasteiger partial charge < -0.3 is 15.7 Å². The Morgan fingerprint density at radius 1 is 1.62 bits per heavy atom. The van der Waals surface area contributed by atoms with Gasteiger partial charge in [-0.1, -0.05) is 6.07 Å². The molecule has 0 saturated carbocycles. The van der Waals surface area contributed by atoms with Crippen molar-refractivity contribution in [2.45, 2.75) is 31.9 Å². The van der Waals surface area contributed by atoms with Gasteiger partial charge >= 0.3 is 0 Å².